The van der Waals surface area contributed by atoms with Gasteiger partial charge in [0.1, 0.15) is 12.5 Å². The van der Waals surface area contributed by atoms with E-state index >= 15 is 0 Å². The van der Waals surface area contributed by atoms with Crippen molar-refractivity contribution in [2.45, 2.75) is 45.4 Å². The number of esters is 1. The average molecular weight is 408 g/mol. The van der Waals surface area contributed by atoms with Gasteiger partial charge in [0.15, 0.2) is 11.6 Å². The minimum Gasteiger partial charge on any atom is -0.420 e. The van der Waals surface area contributed by atoms with Gasteiger partial charge < -0.3 is 4.74 Å². The summed E-state index contributed by atoms with van der Waals surface area (Å²) in [6, 6.07) is 6.51. The molecule has 0 spiro atoms. The molecule has 0 heterocycles. The van der Waals surface area contributed by atoms with Gasteiger partial charge in [-0.15, -0.1) is 0 Å². The Morgan fingerprint density at radius 1 is 1.00 bits per heavy atom. The van der Waals surface area contributed by atoms with Crippen molar-refractivity contribution in [3.05, 3.63) is 76.6 Å². The molecule has 0 aliphatic heterocycles. The molecule has 2 nitrogen and oxygen atoms in total. The van der Waals surface area contributed by atoms with Gasteiger partial charge in [-0.25, -0.2) is 18.0 Å². The molecule has 0 atom stereocenters. The van der Waals surface area contributed by atoms with Gasteiger partial charge in [0, 0.05) is 0 Å². The van der Waals surface area contributed by atoms with Crippen LogP contribution >= 0.6 is 0 Å². The second kappa shape index (κ2) is 11.4. The standard InChI is InChI=1S/C23H24F4O2/c1-2-3-5-9-17-11-13-20(22(27)21(17)26)29-23(28)18-12-10-16(15-19(18)25)8-6-4-7-14-24/h4,7,10-13,15H,2-3,5-6,8-9,14H2,1H3. The number of carbonyl (C=O) groups excluding carboxylic acids is 1. The number of benzene rings is 2. The molecule has 0 unspecified atom stereocenters. The van der Waals surface area contributed by atoms with E-state index in [0.29, 0.717) is 24.8 Å². The van der Waals surface area contributed by atoms with E-state index in [1.807, 2.05) is 6.92 Å². The first-order valence-electron chi connectivity index (χ1n) is 9.66. The summed E-state index contributed by atoms with van der Waals surface area (Å²) in [6.45, 7) is 1.45. The normalized spacial score (nSPS) is 11.2. The highest BCUT2D eigenvalue weighted by molar-refractivity contribution is 5.91. The molecule has 0 N–H and O–H groups in total. The quantitative estimate of drug-likeness (QED) is 0.147. The van der Waals surface area contributed by atoms with Gasteiger partial charge in [-0.2, -0.15) is 4.39 Å². The largest absolute Gasteiger partial charge is 0.420 e. The Labute approximate surface area is 168 Å². The lowest BCUT2D eigenvalue weighted by atomic mass is 10.1. The van der Waals surface area contributed by atoms with Crippen molar-refractivity contribution in [1.29, 1.82) is 0 Å². The maximum absolute atomic E-state index is 14.2. The lowest BCUT2D eigenvalue weighted by Gasteiger charge is -2.10. The molecular weight excluding hydrogens is 384 g/mol. The van der Waals surface area contributed by atoms with E-state index in [4.69, 9.17) is 4.74 Å². The molecule has 2 aromatic rings. The molecule has 2 rings (SSSR count). The highest BCUT2D eigenvalue weighted by Crippen LogP contribution is 2.25. The SMILES string of the molecule is CCCCCc1ccc(OC(=O)c2ccc(CCC=CCF)cc2F)c(F)c1F. The third-order valence-electron chi connectivity index (χ3n) is 4.49. The summed E-state index contributed by atoms with van der Waals surface area (Å²) in [5.74, 6) is -4.82. The maximum Gasteiger partial charge on any atom is 0.346 e. The first-order valence-corrected chi connectivity index (χ1v) is 9.66. The number of halogens is 4. The van der Waals surface area contributed by atoms with E-state index in [0.717, 1.165) is 19.3 Å². The van der Waals surface area contributed by atoms with Gasteiger partial charge >= 0.3 is 5.97 Å². The fourth-order valence-corrected chi connectivity index (χ4v) is 2.87. The predicted molar refractivity (Wildman–Crippen MR) is 104 cm³/mol. The fraction of sp³-hybridized carbons (Fsp3) is 0.348. The van der Waals surface area contributed by atoms with Crippen molar-refractivity contribution in [2.24, 2.45) is 0 Å². The Kier molecular flexibility index (Phi) is 8.90. The third kappa shape index (κ3) is 6.44. The van der Waals surface area contributed by atoms with Gasteiger partial charge in [0.05, 0.1) is 5.56 Å². The van der Waals surface area contributed by atoms with Gasteiger partial charge in [-0.05, 0) is 55.0 Å². The van der Waals surface area contributed by atoms with E-state index in [2.05, 4.69) is 0 Å². The Balaban J connectivity index is 2.07. The number of hydrogen-bond donors (Lipinski definition) is 0. The van der Waals surface area contributed by atoms with Crippen LogP contribution in [0.15, 0.2) is 42.5 Å². The summed E-state index contributed by atoms with van der Waals surface area (Å²) in [6.07, 6.45) is 6.99. The second-order valence-corrected chi connectivity index (χ2v) is 6.68. The van der Waals surface area contributed by atoms with Crippen molar-refractivity contribution < 1.29 is 27.1 Å². The molecule has 0 saturated heterocycles. The predicted octanol–water partition coefficient (Wildman–Crippen LogP) is 6.51. The number of unbranched alkanes of at least 4 members (excludes halogenated alkanes) is 2. The first kappa shape index (κ1) is 22.7. The van der Waals surface area contributed by atoms with Gasteiger partial charge in [-0.3, -0.25) is 0 Å². The van der Waals surface area contributed by atoms with Crippen molar-refractivity contribution in [3.8, 4) is 5.75 Å². The Bertz CT molecular complexity index is 862. The summed E-state index contributed by atoms with van der Waals surface area (Å²) < 4.78 is 59.5. The number of ether oxygens (including phenoxy) is 1. The third-order valence-corrected chi connectivity index (χ3v) is 4.49. The average Bonchev–Trinajstić information content (AvgIpc) is 2.70. The molecule has 0 aliphatic carbocycles. The molecule has 0 bridgehead atoms. The van der Waals surface area contributed by atoms with E-state index in [-0.39, 0.29) is 11.1 Å². The van der Waals surface area contributed by atoms with Crippen LogP contribution in [0.4, 0.5) is 17.6 Å². The van der Waals surface area contributed by atoms with Crippen molar-refractivity contribution >= 4 is 5.97 Å². The number of allylic oxidation sites excluding steroid dienone is 2. The number of hydrogen-bond acceptors (Lipinski definition) is 2. The molecule has 0 amide bonds. The van der Waals surface area contributed by atoms with E-state index in [1.54, 1.807) is 6.08 Å². The number of aryl methyl sites for hydroxylation is 2. The van der Waals surface area contributed by atoms with Crippen LogP contribution in [0.3, 0.4) is 0 Å². The summed E-state index contributed by atoms with van der Waals surface area (Å²) in [7, 11) is 0. The molecule has 156 valence electrons. The Hall–Kier alpha value is -2.63. The number of rotatable bonds is 10. The molecule has 0 radical (unpaired) electrons. The smallest absolute Gasteiger partial charge is 0.346 e. The van der Waals surface area contributed by atoms with Crippen LogP contribution in [0, 0.1) is 17.5 Å². The molecule has 29 heavy (non-hydrogen) atoms. The molecule has 0 fully saturated rings. The molecule has 2 aromatic carbocycles. The molecular formula is C23H24F4O2. The molecule has 0 saturated carbocycles. The van der Waals surface area contributed by atoms with Crippen LogP contribution in [-0.2, 0) is 12.8 Å². The summed E-state index contributed by atoms with van der Waals surface area (Å²) in [5, 5.41) is 0. The zero-order valence-electron chi connectivity index (χ0n) is 16.3. The van der Waals surface area contributed by atoms with Gasteiger partial charge in [-0.1, -0.05) is 44.1 Å². The van der Waals surface area contributed by atoms with Crippen LogP contribution < -0.4 is 4.74 Å². The lowest BCUT2D eigenvalue weighted by molar-refractivity contribution is 0.0721. The summed E-state index contributed by atoms with van der Waals surface area (Å²) in [4.78, 5) is 12.2. The number of alkyl halides is 1. The summed E-state index contributed by atoms with van der Waals surface area (Å²) in [5.41, 5.74) is 0.462. The highest BCUT2D eigenvalue weighted by Gasteiger charge is 2.20. The van der Waals surface area contributed by atoms with Crippen LogP contribution in [0.5, 0.6) is 5.75 Å². The van der Waals surface area contributed by atoms with Crippen LogP contribution in [-0.4, -0.2) is 12.6 Å². The topological polar surface area (TPSA) is 26.3 Å². The lowest BCUT2D eigenvalue weighted by Crippen LogP contribution is -2.13. The Morgan fingerprint density at radius 2 is 1.79 bits per heavy atom. The maximum atomic E-state index is 14.2. The van der Waals surface area contributed by atoms with E-state index in [9.17, 15) is 22.4 Å². The minimum absolute atomic E-state index is 0.216. The van der Waals surface area contributed by atoms with E-state index in [1.165, 1.54) is 36.4 Å². The molecule has 0 aromatic heterocycles. The van der Waals surface area contributed by atoms with Crippen LogP contribution in [0.2, 0.25) is 0 Å². The fourth-order valence-electron chi connectivity index (χ4n) is 2.87. The molecule has 6 heteroatoms. The van der Waals surface area contributed by atoms with E-state index < -0.39 is 35.8 Å². The highest BCUT2D eigenvalue weighted by atomic mass is 19.2. The van der Waals surface area contributed by atoms with Crippen molar-refractivity contribution in [2.75, 3.05) is 6.67 Å². The minimum atomic E-state index is -1.26. The first-order chi connectivity index (χ1) is 14.0. The van der Waals surface area contributed by atoms with Gasteiger partial charge in [0.2, 0.25) is 5.82 Å². The molecule has 0 aliphatic rings. The Morgan fingerprint density at radius 3 is 2.48 bits per heavy atom. The zero-order valence-corrected chi connectivity index (χ0v) is 16.3. The monoisotopic (exact) mass is 408 g/mol. The van der Waals surface area contributed by atoms with Crippen LogP contribution in [0.25, 0.3) is 0 Å². The second-order valence-electron chi connectivity index (χ2n) is 6.68. The van der Waals surface area contributed by atoms with Crippen LogP contribution in [0.1, 0.15) is 54.1 Å². The zero-order chi connectivity index (χ0) is 21.2. The van der Waals surface area contributed by atoms with Crippen molar-refractivity contribution in [3.63, 3.8) is 0 Å². The van der Waals surface area contributed by atoms with Gasteiger partial charge in [0.25, 0.3) is 0 Å². The summed E-state index contributed by atoms with van der Waals surface area (Å²) >= 11 is 0. The number of carbonyl (C=O) groups is 1. The van der Waals surface area contributed by atoms with Crippen molar-refractivity contribution in [1.82, 2.24) is 0 Å².